The molecule has 3 rings (SSSR count). The molecule has 0 saturated heterocycles. The number of nitrogens with one attached hydrogen (secondary N) is 2. The van der Waals surface area contributed by atoms with Crippen LogP contribution in [-0.4, -0.2) is 28.8 Å². The van der Waals surface area contributed by atoms with Crippen LogP contribution in [0.5, 0.6) is 5.75 Å². The monoisotopic (exact) mass is 390 g/mol. The number of hydrogen-bond acceptors (Lipinski definition) is 4. The van der Waals surface area contributed by atoms with Crippen LogP contribution in [0.2, 0.25) is 0 Å². The van der Waals surface area contributed by atoms with Crippen molar-refractivity contribution in [1.82, 2.24) is 4.57 Å². The van der Waals surface area contributed by atoms with Crippen molar-refractivity contribution in [2.24, 2.45) is 7.05 Å². The molecule has 0 fully saturated rings. The molecule has 3 aromatic rings. The Bertz CT molecular complexity index is 987. The van der Waals surface area contributed by atoms with Crippen molar-refractivity contribution in [1.29, 1.82) is 0 Å². The van der Waals surface area contributed by atoms with E-state index in [1.165, 1.54) is 7.11 Å². The summed E-state index contributed by atoms with van der Waals surface area (Å²) in [6.07, 6.45) is 4.73. The first-order valence-electron chi connectivity index (χ1n) is 7.88. The number of methoxy groups -OCH3 is 1. The molecule has 27 heavy (non-hydrogen) atoms. The average Bonchev–Trinajstić information content (AvgIpc) is 3.02. The highest BCUT2D eigenvalue weighted by atomic mass is 35.5. The van der Waals surface area contributed by atoms with E-state index in [0.717, 1.165) is 0 Å². The fraction of sp³-hybridized carbons (Fsp3) is 0.167. The van der Waals surface area contributed by atoms with Crippen LogP contribution in [0, 0.1) is 0 Å². The molecule has 0 aliphatic heterocycles. The first-order valence-corrected chi connectivity index (χ1v) is 7.88. The van der Waals surface area contributed by atoms with Gasteiger partial charge in [-0.1, -0.05) is 18.2 Å². The zero-order chi connectivity index (χ0) is 18.7. The van der Waals surface area contributed by atoms with E-state index in [4.69, 9.17) is 0 Å². The molecule has 1 heterocycles. The number of carbonyl (C=O) groups excluding carboxylic acids is 2. The zero-order valence-electron chi connectivity index (χ0n) is 14.8. The van der Waals surface area contributed by atoms with Gasteiger partial charge in [-0.25, -0.2) is 13.9 Å². The number of nitrogens with zero attached hydrogens (tertiary/aromatic N) is 2. The summed E-state index contributed by atoms with van der Waals surface area (Å²) in [5.74, 6) is -0.407. The summed E-state index contributed by atoms with van der Waals surface area (Å²) >= 11 is 0. The minimum atomic E-state index is -0.646. The topological polar surface area (TPSA) is 96.5 Å². The standard InChI is InChI=1S/C18H18N4O4.ClH/c1-21-8-9-22(11-21)10-15(23)19-14-7-6-12-4-3-5-13(16(12)17(14)24)20-18(25)26-2;/h3-9,11H,10H2,1-2H3,(H2-,19,20,23,24,25);1H. The van der Waals surface area contributed by atoms with Gasteiger partial charge in [-0.2, -0.15) is 0 Å². The molecule has 0 spiro atoms. The Balaban J connectivity index is 0.00000261. The smallest absolute Gasteiger partial charge is 0.411 e. The number of aromatic hydroxyl groups is 1. The average molecular weight is 391 g/mol. The van der Waals surface area contributed by atoms with E-state index in [2.05, 4.69) is 15.4 Å². The largest absolute Gasteiger partial charge is 1.00 e. The van der Waals surface area contributed by atoms with E-state index < -0.39 is 6.09 Å². The molecule has 0 radical (unpaired) electrons. The van der Waals surface area contributed by atoms with Crippen molar-refractivity contribution in [2.45, 2.75) is 6.54 Å². The summed E-state index contributed by atoms with van der Waals surface area (Å²) in [6, 6.07) is 8.56. The maximum Gasteiger partial charge on any atom is 0.411 e. The summed E-state index contributed by atoms with van der Waals surface area (Å²) in [7, 11) is 3.12. The van der Waals surface area contributed by atoms with Gasteiger partial charge in [0, 0.05) is 5.39 Å². The third kappa shape index (κ3) is 4.48. The number of rotatable bonds is 4. The number of aryl methyl sites for hydroxylation is 1. The van der Waals surface area contributed by atoms with Gasteiger partial charge in [-0.05, 0) is 17.5 Å². The molecule has 3 N–H and O–H groups in total. The van der Waals surface area contributed by atoms with E-state index in [-0.39, 0.29) is 36.3 Å². The predicted molar refractivity (Wildman–Crippen MR) is 95.9 cm³/mol. The van der Waals surface area contributed by atoms with Gasteiger partial charge in [0.05, 0.1) is 25.5 Å². The number of amides is 2. The second-order valence-electron chi connectivity index (χ2n) is 5.78. The molecule has 0 atom stereocenters. The summed E-state index contributed by atoms with van der Waals surface area (Å²) in [5, 5.41) is 17.0. The van der Waals surface area contributed by atoms with Crippen LogP contribution in [0.3, 0.4) is 0 Å². The molecule has 1 aromatic heterocycles. The third-order valence-corrected chi connectivity index (χ3v) is 3.86. The maximum atomic E-state index is 12.2. The van der Waals surface area contributed by atoms with Gasteiger partial charge in [0.2, 0.25) is 6.33 Å². The van der Waals surface area contributed by atoms with E-state index >= 15 is 0 Å². The van der Waals surface area contributed by atoms with Gasteiger partial charge in [-0.3, -0.25) is 10.1 Å². The van der Waals surface area contributed by atoms with Crippen LogP contribution in [0.15, 0.2) is 49.1 Å². The number of carbonyl (C=O) groups is 2. The number of phenols is 1. The Hall–Kier alpha value is -3.26. The van der Waals surface area contributed by atoms with Crippen LogP contribution in [-0.2, 0) is 23.1 Å². The number of halogens is 1. The quantitative estimate of drug-likeness (QED) is 0.393. The van der Waals surface area contributed by atoms with E-state index in [9.17, 15) is 14.7 Å². The number of anilines is 2. The van der Waals surface area contributed by atoms with Gasteiger partial charge in [0.1, 0.15) is 18.1 Å². The number of phenolic OH excluding ortho intramolecular Hbond substituents is 1. The first kappa shape index (κ1) is 20.1. The predicted octanol–water partition coefficient (Wildman–Crippen LogP) is -1.01. The SMILES string of the molecule is COC(=O)Nc1cccc2ccc(NC(=O)Cn3cc[n+](C)c3)c(O)c12.[Cl-]. The van der Waals surface area contributed by atoms with Gasteiger partial charge in [-0.15, -0.1) is 0 Å². The highest BCUT2D eigenvalue weighted by Crippen LogP contribution is 2.37. The lowest BCUT2D eigenvalue weighted by atomic mass is 10.1. The van der Waals surface area contributed by atoms with Crippen molar-refractivity contribution >= 4 is 34.1 Å². The van der Waals surface area contributed by atoms with Crippen LogP contribution in [0.1, 0.15) is 0 Å². The van der Waals surface area contributed by atoms with Crippen molar-refractivity contribution in [3.63, 3.8) is 0 Å². The number of fused-ring (bicyclic) bond motifs is 1. The molecule has 0 aliphatic carbocycles. The van der Waals surface area contributed by atoms with Crippen LogP contribution in [0.4, 0.5) is 16.2 Å². The van der Waals surface area contributed by atoms with E-state index in [0.29, 0.717) is 16.5 Å². The molecule has 0 aliphatic rings. The molecule has 0 unspecified atom stereocenters. The number of benzene rings is 2. The Morgan fingerprint density at radius 3 is 2.63 bits per heavy atom. The van der Waals surface area contributed by atoms with Crippen molar-refractivity contribution in [3.8, 4) is 5.75 Å². The second kappa shape index (κ2) is 8.41. The normalized spacial score (nSPS) is 10.1. The van der Waals surface area contributed by atoms with E-state index in [1.54, 1.807) is 47.4 Å². The van der Waals surface area contributed by atoms with Crippen LogP contribution in [0.25, 0.3) is 10.8 Å². The Labute approximate surface area is 161 Å². The fourth-order valence-electron chi connectivity index (χ4n) is 2.68. The lowest BCUT2D eigenvalue weighted by molar-refractivity contribution is -0.671. The lowest BCUT2D eigenvalue weighted by Gasteiger charge is -2.13. The Morgan fingerprint density at radius 1 is 1.19 bits per heavy atom. The first-order chi connectivity index (χ1) is 12.5. The molecule has 0 bridgehead atoms. The fourth-order valence-corrected chi connectivity index (χ4v) is 2.68. The van der Waals surface area contributed by atoms with Gasteiger partial charge in [0.25, 0.3) is 5.91 Å². The minimum absolute atomic E-state index is 0. The molecule has 142 valence electrons. The number of aromatic nitrogens is 2. The number of ether oxygens (including phenoxy) is 1. The maximum absolute atomic E-state index is 12.2. The lowest BCUT2D eigenvalue weighted by Crippen LogP contribution is -3.00. The van der Waals surface area contributed by atoms with Gasteiger partial charge < -0.3 is 27.6 Å². The van der Waals surface area contributed by atoms with Crippen molar-refractivity contribution in [3.05, 3.63) is 49.1 Å². The summed E-state index contributed by atoms with van der Waals surface area (Å²) < 4.78 is 8.14. The van der Waals surface area contributed by atoms with E-state index in [1.807, 2.05) is 17.8 Å². The minimum Gasteiger partial charge on any atom is -1.00 e. The van der Waals surface area contributed by atoms with Crippen molar-refractivity contribution < 1.29 is 36.4 Å². The summed E-state index contributed by atoms with van der Waals surface area (Å²) in [5.41, 5.74) is 0.651. The molecule has 0 saturated carbocycles. The van der Waals surface area contributed by atoms with Crippen LogP contribution >= 0.6 is 0 Å². The molecule has 9 heteroatoms. The Kier molecular flexibility index (Phi) is 6.25. The van der Waals surface area contributed by atoms with Gasteiger partial charge >= 0.3 is 6.09 Å². The molecule has 8 nitrogen and oxygen atoms in total. The number of hydrogen-bond donors (Lipinski definition) is 3. The molecular formula is C18H19ClN4O4. The van der Waals surface area contributed by atoms with Gasteiger partial charge in [0.15, 0.2) is 6.54 Å². The highest BCUT2D eigenvalue weighted by Gasteiger charge is 2.15. The van der Waals surface area contributed by atoms with Crippen LogP contribution < -0.4 is 27.6 Å². The summed E-state index contributed by atoms with van der Waals surface area (Å²) in [6.45, 7) is 0.111. The molecule has 2 amide bonds. The zero-order valence-corrected chi connectivity index (χ0v) is 15.5. The Morgan fingerprint density at radius 2 is 1.96 bits per heavy atom. The molecule has 2 aromatic carbocycles. The highest BCUT2D eigenvalue weighted by molar-refractivity contribution is 6.07. The molecular weight excluding hydrogens is 372 g/mol. The third-order valence-electron chi connectivity index (χ3n) is 3.86. The summed E-state index contributed by atoms with van der Waals surface area (Å²) in [4.78, 5) is 23.8. The second-order valence-corrected chi connectivity index (χ2v) is 5.78. The number of imidazole rings is 1. The van der Waals surface area contributed by atoms with Crippen molar-refractivity contribution in [2.75, 3.05) is 17.7 Å².